The van der Waals surface area contributed by atoms with Crippen molar-refractivity contribution in [1.29, 1.82) is 0 Å². The van der Waals surface area contributed by atoms with Gasteiger partial charge < -0.3 is 15.7 Å². The van der Waals surface area contributed by atoms with Crippen LogP contribution in [0.25, 0.3) is 0 Å². The maximum absolute atomic E-state index is 12.1. The first-order valence-electron chi connectivity index (χ1n) is 6.95. The average molecular weight is 324 g/mol. The number of halogens is 1. The second kappa shape index (κ2) is 7.24. The average Bonchev–Trinajstić information content (AvgIpc) is 2.98. The Labute approximate surface area is 134 Å². The highest BCUT2D eigenvalue weighted by molar-refractivity contribution is 6.02. The van der Waals surface area contributed by atoms with Crippen molar-refractivity contribution >= 4 is 24.0 Å². The molecule has 1 aromatic carbocycles. The summed E-state index contributed by atoms with van der Waals surface area (Å²) >= 11 is 0. The van der Waals surface area contributed by atoms with Crippen LogP contribution in [-0.4, -0.2) is 39.1 Å². The summed E-state index contributed by atoms with van der Waals surface area (Å²) in [7, 11) is 0. The van der Waals surface area contributed by atoms with Crippen molar-refractivity contribution in [3.05, 3.63) is 36.2 Å². The first-order chi connectivity index (χ1) is 10.2. The van der Waals surface area contributed by atoms with Gasteiger partial charge in [-0.3, -0.25) is 4.79 Å². The fraction of sp³-hybridized carbons (Fsp3) is 0.357. The lowest BCUT2D eigenvalue weighted by Gasteiger charge is -2.22. The lowest BCUT2D eigenvalue weighted by molar-refractivity contribution is 0.102. The number of amides is 1. The van der Waals surface area contributed by atoms with Crippen LogP contribution in [0.2, 0.25) is 0 Å². The molecule has 1 aliphatic rings. The van der Waals surface area contributed by atoms with Crippen LogP contribution >= 0.6 is 12.4 Å². The van der Waals surface area contributed by atoms with Crippen LogP contribution in [0.15, 0.2) is 30.5 Å². The van der Waals surface area contributed by atoms with Gasteiger partial charge in [-0.25, -0.2) is 4.68 Å². The van der Waals surface area contributed by atoms with Crippen molar-refractivity contribution < 1.29 is 9.90 Å². The lowest BCUT2D eigenvalue weighted by Crippen LogP contribution is -2.29. The van der Waals surface area contributed by atoms with Gasteiger partial charge in [0.15, 0.2) is 5.69 Å². The molecule has 1 fully saturated rings. The van der Waals surface area contributed by atoms with Crippen molar-refractivity contribution in [3.63, 3.8) is 0 Å². The molecule has 3 rings (SSSR count). The molecular formula is C14H18ClN5O2. The van der Waals surface area contributed by atoms with Gasteiger partial charge in [0.25, 0.3) is 5.91 Å². The van der Waals surface area contributed by atoms with Gasteiger partial charge in [-0.15, -0.1) is 17.5 Å². The highest BCUT2D eigenvalue weighted by Gasteiger charge is 2.18. The quantitative estimate of drug-likeness (QED) is 0.797. The fourth-order valence-corrected chi connectivity index (χ4v) is 2.41. The Hall–Kier alpha value is -2.12. The molecule has 2 heterocycles. The molecule has 118 valence electrons. The number of anilines is 1. The van der Waals surface area contributed by atoms with Crippen LogP contribution in [0.5, 0.6) is 5.75 Å². The number of hydrogen-bond donors (Lipinski definition) is 3. The highest BCUT2D eigenvalue weighted by atomic mass is 35.5. The zero-order chi connectivity index (χ0) is 14.7. The number of carbonyl (C=O) groups excluding carboxylic acids is 1. The van der Waals surface area contributed by atoms with E-state index in [-0.39, 0.29) is 29.8 Å². The van der Waals surface area contributed by atoms with E-state index in [4.69, 9.17) is 0 Å². The largest absolute Gasteiger partial charge is 0.508 e. The number of nitrogens with zero attached hydrogens (tertiary/aromatic N) is 3. The zero-order valence-electron chi connectivity index (χ0n) is 11.9. The van der Waals surface area contributed by atoms with Gasteiger partial charge in [-0.05, 0) is 38.1 Å². The van der Waals surface area contributed by atoms with Gasteiger partial charge in [-0.1, -0.05) is 11.3 Å². The van der Waals surface area contributed by atoms with Crippen molar-refractivity contribution in [1.82, 2.24) is 20.3 Å². The smallest absolute Gasteiger partial charge is 0.277 e. The number of benzene rings is 1. The van der Waals surface area contributed by atoms with Crippen LogP contribution in [-0.2, 0) is 0 Å². The monoisotopic (exact) mass is 323 g/mol. The van der Waals surface area contributed by atoms with Crippen LogP contribution in [0, 0.1) is 0 Å². The highest BCUT2D eigenvalue weighted by Crippen LogP contribution is 2.18. The molecule has 7 nitrogen and oxygen atoms in total. The van der Waals surface area contributed by atoms with E-state index in [2.05, 4.69) is 20.9 Å². The molecule has 22 heavy (non-hydrogen) atoms. The second-order valence-corrected chi connectivity index (χ2v) is 5.07. The molecule has 0 bridgehead atoms. The van der Waals surface area contributed by atoms with Gasteiger partial charge in [0.1, 0.15) is 5.75 Å². The van der Waals surface area contributed by atoms with Crippen LogP contribution in [0.3, 0.4) is 0 Å². The summed E-state index contributed by atoms with van der Waals surface area (Å²) < 4.78 is 1.76. The third-order valence-corrected chi connectivity index (χ3v) is 3.53. The third kappa shape index (κ3) is 3.75. The molecule has 1 aliphatic heterocycles. The number of carbonyl (C=O) groups is 1. The summed E-state index contributed by atoms with van der Waals surface area (Å²) in [6.45, 7) is 1.91. The van der Waals surface area contributed by atoms with Gasteiger partial charge in [0.05, 0.1) is 12.2 Å². The molecule has 1 aromatic heterocycles. The molecule has 0 atom stereocenters. The van der Waals surface area contributed by atoms with Crippen molar-refractivity contribution in [2.24, 2.45) is 0 Å². The van der Waals surface area contributed by atoms with E-state index in [0.29, 0.717) is 11.7 Å². The SMILES string of the molecule is Cl.O=C(Nc1cccc(O)c1)c1cn(C2CCNCC2)nn1. The Morgan fingerprint density at radius 3 is 2.86 bits per heavy atom. The van der Waals surface area contributed by atoms with Gasteiger partial charge in [-0.2, -0.15) is 0 Å². The summed E-state index contributed by atoms with van der Waals surface area (Å²) in [5.41, 5.74) is 0.799. The summed E-state index contributed by atoms with van der Waals surface area (Å²) in [4.78, 5) is 12.1. The Kier molecular flexibility index (Phi) is 5.35. The maximum atomic E-state index is 12.1. The van der Waals surface area contributed by atoms with Crippen LogP contribution < -0.4 is 10.6 Å². The summed E-state index contributed by atoms with van der Waals surface area (Å²) in [6, 6.07) is 6.69. The molecule has 0 radical (unpaired) electrons. The molecular weight excluding hydrogens is 306 g/mol. The van der Waals surface area contributed by atoms with E-state index < -0.39 is 0 Å². The minimum absolute atomic E-state index is 0. The number of piperidine rings is 1. The zero-order valence-corrected chi connectivity index (χ0v) is 12.7. The molecule has 0 spiro atoms. The number of phenolic OH excluding ortho intramolecular Hbond substituents is 1. The molecule has 0 aliphatic carbocycles. The van der Waals surface area contributed by atoms with Gasteiger partial charge in [0, 0.05) is 11.8 Å². The van der Waals surface area contributed by atoms with Crippen LogP contribution in [0.1, 0.15) is 29.4 Å². The first-order valence-corrected chi connectivity index (χ1v) is 6.95. The predicted octanol–water partition coefficient (Wildman–Crippen LogP) is 1.58. The number of rotatable bonds is 3. The lowest BCUT2D eigenvalue weighted by atomic mass is 10.1. The number of nitrogens with one attached hydrogen (secondary N) is 2. The second-order valence-electron chi connectivity index (χ2n) is 5.07. The van der Waals surface area contributed by atoms with E-state index >= 15 is 0 Å². The van der Waals surface area contributed by atoms with Crippen LogP contribution in [0.4, 0.5) is 5.69 Å². The Morgan fingerprint density at radius 1 is 1.36 bits per heavy atom. The fourth-order valence-electron chi connectivity index (χ4n) is 2.41. The molecule has 3 N–H and O–H groups in total. The third-order valence-electron chi connectivity index (χ3n) is 3.53. The minimum atomic E-state index is -0.333. The topological polar surface area (TPSA) is 92.1 Å². The minimum Gasteiger partial charge on any atom is -0.508 e. The molecule has 2 aromatic rings. The van der Waals surface area contributed by atoms with E-state index in [9.17, 15) is 9.90 Å². The van der Waals surface area contributed by atoms with E-state index in [1.165, 1.54) is 6.07 Å². The van der Waals surface area contributed by atoms with Gasteiger partial charge in [0.2, 0.25) is 0 Å². The molecule has 1 saturated heterocycles. The van der Waals surface area contributed by atoms with E-state index in [1.54, 1.807) is 29.1 Å². The Balaban J connectivity index is 0.00000176. The van der Waals surface area contributed by atoms with Crippen molar-refractivity contribution in [3.8, 4) is 5.75 Å². The molecule has 0 saturated carbocycles. The standard InChI is InChI=1S/C14H17N5O2.ClH/c20-12-3-1-2-10(8-12)16-14(21)13-9-19(18-17-13)11-4-6-15-7-5-11;/h1-3,8-9,11,15,20H,4-7H2,(H,16,21);1H. The molecule has 1 amide bonds. The first kappa shape index (κ1) is 16.3. The van der Waals surface area contributed by atoms with Crippen molar-refractivity contribution in [2.45, 2.75) is 18.9 Å². The summed E-state index contributed by atoms with van der Waals surface area (Å²) in [5.74, 6) is -0.230. The number of hydrogen-bond acceptors (Lipinski definition) is 5. The van der Waals surface area contributed by atoms with E-state index in [1.807, 2.05) is 0 Å². The number of aromatic hydroxyl groups is 1. The predicted molar refractivity (Wildman–Crippen MR) is 84.5 cm³/mol. The number of phenols is 1. The normalized spacial score (nSPS) is 15.1. The Morgan fingerprint density at radius 2 is 2.14 bits per heavy atom. The van der Waals surface area contributed by atoms with E-state index in [0.717, 1.165) is 25.9 Å². The molecule has 0 unspecified atom stereocenters. The van der Waals surface area contributed by atoms with Crippen molar-refractivity contribution in [2.75, 3.05) is 18.4 Å². The molecule has 8 heteroatoms. The Bertz CT molecular complexity index is 640. The maximum Gasteiger partial charge on any atom is 0.277 e. The number of aromatic nitrogens is 3. The summed E-state index contributed by atoms with van der Waals surface area (Å²) in [6.07, 6.45) is 3.64. The van der Waals surface area contributed by atoms with Gasteiger partial charge >= 0.3 is 0 Å². The summed E-state index contributed by atoms with van der Waals surface area (Å²) in [5, 5.41) is 23.3.